The molecule has 0 atom stereocenters. The molecule has 2 aromatic rings. The second kappa shape index (κ2) is 5.84. The van der Waals surface area contributed by atoms with Crippen molar-refractivity contribution in [2.24, 2.45) is 0 Å². The fourth-order valence-electron chi connectivity index (χ4n) is 1.81. The highest BCUT2D eigenvalue weighted by molar-refractivity contribution is 7.09. The van der Waals surface area contributed by atoms with E-state index in [-0.39, 0.29) is 6.42 Å². The molecule has 1 aromatic heterocycles. The molecule has 5 heteroatoms. The Hall–Kier alpha value is -1.88. The van der Waals surface area contributed by atoms with Crippen LogP contribution < -0.4 is 4.74 Å². The van der Waals surface area contributed by atoms with Crippen LogP contribution in [0.2, 0.25) is 0 Å². The van der Waals surface area contributed by atoms with Gasteiger partial charge < -0.3 is 9.84 Å². The summed E-state index contributed by atoms with van der Waals surface area (Å²) < 4.78 is 5.77. The number of rotatable bonds is 5. The molecular weight excluding hydrogens is 262 g/mol. The van der Waals surface area contributed by atoms with Gasteiger partial charge in [0.2, 0.25) is 0 Å². The summed E-state index contributed by atoms with van der Waals surface area (Å²) in [6.07, 6.45) is -0.0418. The maximum absolute atomic E-state index is 10.6. The van der Waals surface area contributed by atoms with E-state index in [4.69, 9.17) is 9.84 Å². The van der Waals surface area contributed by atoms with Crippen LogP contribution in [0.15, 0.2) is 23.6 Å². The number of aliphatic carboxylic acids is 1. The van der Waals surface area contributed by atoms with Crippen LogP contribution in [-0.4, -0.2) is 16.1 Å². The molecule has 1 heterocycles. The second-order valence-electron chi connectivity index (χ2n) is 4.31. The maximum atomic E-state index is 10.6. The van der Waals surface area contributed by atoms with Gasteiger partial charge in [0.1, 0.15) is 17.4 Å². The number of para-hydroxylation sites is 1. The van der Waals surface area contributed by atoms with Gasteiger partial charge in [-0.15, -0.1) is 11.3 Å². The largest absolute Gasteiger partial charge is 0.486 e. The highest BCUT2D eigenvalue weighted by Crippen LogP contribution is 2.24. The van der Waals surface area contributed by atoms with Gasteiger partial charge in [-0.25, -0.2) is 4.98 Å². The van der Waals surface area contributed by atoms with Crippen LogP contribution in [0.4, 0.5) is 0 Å². The van der Waals surface area contributed by atoms with Crippen molar-refractivity contribution >= 4 is 17.3 Å². The van der Waals surface area contributed by atoms with Crippen LogP contribution in [0.3, 0.4) is 0 Å². The lowest BCUT2D eigenvalue weighted by Crippen LogP contribution is -2.02. The first-order chi connectivity index (χ1) is 9.06. The molecule has 0 bridgehead atoms. The Morgan fingerprint density at radius 2 is 2.05 bits per heavy atom. The molecule has 0 aliphatic carbocycles. The topological polar surface area (TPSA) is 59.4 Å². The van der Waals surface area contributed by atoms with Crippen molar-refractivity contribution in [3.8, 4) is 5.75 Å². The first-order valence-electron chi connectivity index (χ1n) is 5.90. The van der Waals surface area contributed by atoms with Crippen molar-refractivity contribution in [1.82, 2.24) is 4.98 Å². The van der Waals surface area contributed by atoms with Crippen LogP contribution >= 0.6 is 11.3 Å². The van der Waals surface area contributed by atoms with E-state index in [2.05, 4.69) is 4.98 Å². The van der Waals surface area contributed by atoms with E-state index >= 15 is 0 Å². The predicted octanol–water partition coefficient (Wildman–Crippen LogP) is 2.97. The molecule has 2 rings (SSSR count). The average Bonchev–Trinajstić information content (AvgIpc) is 2.75. The number of ether oxygens (including phenoxy) is 1. The molecule has 1 N–H and O–H groups in total. The van der Waals surface area contributed by atoms with Gasteiger partial charge in [0.05, 0.1) is 12.1 Å². The van der Waals surface area contributed by atoms with Crippen LogP contribution in [0.25, 0.3) is 0 Å². The molecule has 0 radical (unpaired) electrons. The van der Waals surface area contributed by atoms with Gasteiger partial charge in [-0.2, -0.15) is 0 Å². The Labute approximate surface area is 115 Å². The fraction of sp³-hybridized carbons (Fsp3) is 0.286. The smallest absolute Gasteiger partial charge is 0.309 e. The van der Waals surface area contributed by atoms with E-state index in [9.17, 15) is 4.79 Å². The number of thiazole rings is 1. The zero-order chi connectivity index (χ0) is 13.8. The van der Waals surface area contributed by atoms with Crippen molar-refractivity contribution in [2.45, 2.75) is 26.9 Å². The van der Waals surface area contributed by atoms with E-state index in [0.29, 0.717) is 12.3 Å². The highest BCUT2D eigenvalue weighted by Gasteiger charge is 2.08. The van der Waals surface area contributed by atoms with Gasteiger partial charge in [-0.05, 0) is 25.0 Å². The number of hydrogen-bond donors (Lipinski definition) is 1. The van der Waals surface area contributed by atoms with Crippen LogP contribution in [-0.2, 0) is 17.8 Å². The molecule has 0 spiro atoms. The Balaban J connectivity index is 2.02. The molecule has 0 aliphatic rings. The van der Waals surface area contributed by atoms with Crippen LogP contribution in [0, 0.1) is 13.8 Å². The molecule has 0 amide bonds. The first-order valence-corrected chi connectivity index (χ1v) is 6.78. The first kappa shape index (κ1) is 13.5. The summed E-state index contributed by atoms with van der Waals surface area (Å²) in [7, 11) is 0. The van der Waals surface area contributed by atoms with Crippen LogP contribution in [0.1, 0.15) is 21.8 Å². The summed E-state index contributed by atoms with van der Waals surface area (Å²) in [4.78, 5) is 14.8. The third-order valence-electron chi connectivity index (χ3n) is 2.68. The van der Waals surface area contributed by atoms with Crippen molar-refractivity contribution in [1.29, 1.82) is 0 Å². The third-order valence-corrected chi connectivity index (χ3v) is 3.55. The molecule has 100 valence electrons. The Morgan fingerprint density at radius 1 is 1.37 bits per heavy atom. The monoisotopic (exact) mass is 277 g/mol. The zero-order valence-corrected chi connectivity index (χ0v) is 11.7. The minimum atomic E-state index is -0.868. The van der Waals surface area contributed by atoms with E-state index in [1.807, 2.05) is 32.0 Å². The average molecular weight is 277 g/mol. The lowest BCUT2D eigenvalue weighted by molar-refractivity contribution is -0.136. The van der Waals surface area contributed by atoms with Gasteiger partial charge in [0, 0.05) is 5.38 Å². The fourth-order valence-corrected chi connectivity index (χ4v) is 2.52. The minimum Gasteiger partial charge on any atom is -0.486 e. The number of carboxylic acid groups (broad SMARTS) is 1. The van der Waals surface area contributed by atoms with E-state index in [0.717, 1.165) is 21.9 Å². The molecular formula is C14H15NO3S. The summed E-state index contributed by atoms with van der Waals surface area (Å²) in [6.45, 7) is 4.37. The number of aromatic nitrogens is 1. The molecule has 0 saturated carbocycles. The number of nitrogens with zero attached hydrogens (tertiary/aromatic N) is 1. The van der Waals surface area contributed by atoms with Gasteiger partial charge in [-0.3, -0.25) is 4.79 Å². The number of hydrogen-bond acceptors (Lipinski definition) is 4. The van der Waals surface area contributed by atoms with Crippen molar-refractivity contribution in [2.75, 3.05) is 0 Å². The SMILES string of the molecule is Cc1cccc(C)c1OCc1nc(CC(=O)O)cs1. The maximum Gasteiger partial charge on any atom is 0.309 e. The number of carboxylic acids is 1. The standard InChI is InChI=1S/C14H15NO3S/c1-9-4-3-5-10(2)14(9)18-7-12-15-11(8-19-12)6-13(16)17/h3-5,8H,6-7H2,1-2H3,(H,16,17). The van der Waals surface area contributed by atoms with Crippen LogP contribution in [0.5, 0.6) is 5.75 Å². The molecule has 0 saturated heterocycles. The highest BCUT2D eigenvalue weighted by atomic mass is 32.1. The third kappa shape index (κ3) is 3.54. The number of benzene rings is 1. The van der Waals surface area contributed by atoms with Crippen molar-refractivity contribution in [3.05, 3.63) is 45.4 Å². The van der Waals surface area contributed by atoms with Crippen molar-refractivity contribution < 1.29 is 14.6 Å². The minimum absolute atomic E-state index is 0.0418. The molecule has 19 heavy (non-hydrogen) atoms. The normalized spacial score (nSPS) is 10.4. The molecule has 1 aromatic carbocycles. The van der Waals surface area contributed by atoms with E-state index < -0.39 is 5.97 Å². The summed E-state index contributed by atoms with van der Waals surface area (Å²) >= 11 is 1.42. The molecule has 0 fully saturated rings. The Bertz CT molecular complexity index is 572. The second-order valence-corrected chi connectivity index (χ2v) is 5.26. The Kier molecular flexibility index (Phi) is 4.16. The summed E-state index contributed by atoms with van der Waals surface area (Å²) in [5.41, 5.74) is 2.75. The number of carbonyl (C=O) groups is 1. The molecule has 0 aliphatic heterocycles. The molecule has 0 unspecified atom stereocenters. The van der Waals surface area contributed by atoms with E-state index in [1.54, 1.807) is 5.38 Å². The van der Waals surface area contributed by atoms with Gasteiger partial charge in [-0.1, -0.05) is 18.2 Å². The van der Waals surface area contributed by atoms with Crippen molar-refractivity contribution in [3.63, 3.8) is 0 Å². The number of aryl methyl sites for hydroxylation is 2. The lowest BCUT2D eigenvalue weighted by atomic mass is 10.1. The quantitative estimate of drug-likeness (QED) is 0.912. The predicted molar refractivity (Wildman–Crippen MR) is 73.7 cm³/mol. The van der Waals surface area contributed by atoms with Gasteiger partial charge in [0.25, 0.3) is 0 Å². The van der Waals surface area contributed by atoms with Gasteiger partial charge >= 0.3 is 5.97 Å². The zero-order valence-electron chi connectivity index (χ0n) is 10.8. The van der Waals surface area contributed by atoms with E-state index in [1.165, 1.54) is 11.3 Å². The van der Waals surface area contributed by atoms with Gasteiger partial charge in [0.15, 0.2) is 0 Å². The summed E-state index contributed by atoms with van der Waals surface area (Å²) in [5.74, 6) is 0.00463. The summed E-state index contributed by atoms with van der Waals surface area (Å²) in [5, 5.41) is 11.2. The lowest BCUT2D eigenvalue weighted by Gasteiger charge is -2.10. The Morgan fingerprint density at radius 3 is 2.68 bits per heavy atom. The molecule has 4 nitrogen and oxygen atoms in total. The summed E-state index contributed by atoms with van der Waals surface area (Å²) in [6, 6.07) is 5.99.